The summed E-state index contributed by atoms with van der Waals surface area (Å²) in [6, 6.07) is 0. The van der Waals surface area contributed by atoms with E-state index in [1.54, 1.807) is 0 Å². The molecular weight excluding hydrogens is 216 g/mol. The lowest BCUT2D eigenvalue weighted by Gasteiger charge is -2.40. The summed E-state index contributed by atoms with van der Waals surface area (Å²) in [5.41, 5.74) is 10.3. The highest BCUT2D eigenvalue weighted by Crippen LogP contribution is 2.27. The largest absolute Gasteiger partial charge is 0.390 e. The fraction of sp³-hybridized carbons (Fsp3) is 0.889. The van der Waals surface area contributed by atoms with Gasteiger partial charge >= 0.3 is 0 Å². The predicted octanol–water partition coefficient (Wildman–Crippen LogP) is -2.73. The Kier molecular flexibility index (Phi) is 4.63. The second-order valence-corrected chi connectivity index (χ2v) is 3.95. The van der Waals surface area contributed by atoms with Gasteiger partial charge in [-0.25, -0.2) is 0 Å². The van der Waals surface area contributed by atoms with E-state index in [4.69, 9.17) is 16.2 Å². The minimum Gasteiger partial charge on any atom is -0.390 e. The quantitative estimate of drug-likeness (QED) is 0.358. The van der Waals surface area contributed by atoms with Crippen molar-refractivity contribution in [2.75, 3.05) is 6.54 Å². The maximum absolute atomic E-state index is 10.6. The molecule has 0 aromatic heterocycles. The van der Waals surface area contributed by atoms with Gasteiger partial charge in [0.1, 0.15) is 12.2 Å². The molecule has 0 aromatic rings. The molecule has 94 valence electrons. The van der Waals surface area contributed by atoms with E-state index in [-0.39, 0.29) is 19.4 Å². The molecule has 7 N–H and O–H groups in total. The molecular formula is C9H18N2O5. The molecule has 0 spiro atoms. The molecule has 0 aliphatic carbocycles. The first-order chi connectivity index (χ1) is 7.47. The summed E-state index contributed by atoms with van der Waals surface area (Å²) < 4.78 is 5.03. The zero-order chi connectivity index (χ0) is 12.3. The Labute approximate surface area is 93.0 Å². The topological polar surface area (TPSA) is 139 Å². The maximum atomic E-state index is 10.6. The van der Waals surface area contributed by atoms with Crippen LogP contribution in [0.3, 0.4) is 0 Å². The van der Waals surface area contributed by atoms with Gasteiger partial charge in [0.15, 0.2) is 6.29 Å². The molecule has 0 saturated carbocycles. The molecule has 7 nitrogen and oxygen atoms in total. The number of ether oxygens (including phenoxy) is 1. The number of carbonyl (C=O) groups is 1. The first-order valence-electron chi connectivity index (χ1n) is 5.15. The van der Waals surface area contributed by atoms with E-state index in [9.17, 15) is 20.1 Å². The van der Waals surface area contributed by atoms with Crippen molar-refractivity contribution in [3.05, 3.63) is 0 Å². The number of aliphatic hydroxyl groups excluding tert-OH is 3. The van der Waals surface area contributed by atoms with E-state index in [1.165, 1.54) is 0 Å². The molecule has 1 aliphatic heterocycles. The van der Waals surface area contributed by atoms with E-state index in [0.29, 0.717) is 0 Å². The van der Waals surface area contributed by atoms with Crippen LogP contribution in [-0.4, -0.2) is 52.4 Å². The zero-order valence-electron chi connectivity index (χ0n) is 8.82. The number of hydrogen-bond acceptors (Lipinski definition) is 6. The highest BCUT2D eigenvalue weighted by atomic mass is 16.6. The van der Waals surface area contributed by atoms with Crippen molar-refractivity contribution in [3.63, 3.8) is 0 Å². The standard InChI is InChI=1S/C9H18N2O5/c10-3-5-8(14)7(13)4(9(15)16-5)1-2-6(11)12/h4-5,7-9,13-15H,1-3,10H2,(H2,11,12)/t4-,5-,7-,8+,9?/m1/s1. The molecule has 1 heterocycles. The van der Waals surface area contributed by atoms with Crippen LogP contribution in [0.1, 0.15) is 12.8 Å². The maximum Gasteiger partial charge on any atom is 0.217 e. The normalized spacial score (nSPS) is 39.6. The number of hydrogen-bond donors (Lipinski definition) is 5. The van der Waals surface area contributed by atoms with Crippen molar-refractivity contribution < 1.29 is 24.9 Å². The van der Waals surface area contributed by atoms with Crippen LogP contribution in [0.25, 0.3) is 0 Å². The van der Waals surface area contributed by atoms with Gasteiger partial charge in [0.05, 0.1) is 6.10 Å². The van der Waals surface area contributed by atoms with Gasteiger partial charge in [0.25, 0.3) is 0 Å². The fourth-order valence-electron chi connectivity index (χ4n) is 1.82. The van der Waals surface area contributed by atoms with Crippen LogP contribution in [0.2, 0.25) is 0 Å². The monoisotopic (exact) mass is 234 g/mol. The molecule has 0 radical (unpaired) electrons. The van der Waals surface area contributed by atoms with Crippen LogP contribution in [0.5, 0.6) is 0 Å². The molecule has 0 bridgehead atoms. The number of primary amides is 1. The summed E-state index contributed by atoms with van der Waals surface area (Å²) in [6.45, 7) is -0.00216. The van der Waals surface area contributed by atoms with Gasteiger partial charge in [0.2, 0.25) is 5.91 Å². The first-order valence-corrected chi connectivity index (χ1v) is 5.15. The number of rotatable bonds is 4. The molecule has 7 heteroatoms. The van der Waals surface area contributed by atoms with E-state index < -0.39 is 36.4 Å². The molecule has 1 fully saturated rings. The highest BCUT2D eigenvalue weighted by molar-refractivity contribution is 5.73. The van der Waals surface area contributed by atoms with Gasteiger partial charge in [-0.15, -0.1) is 0 Å². The Bertz CT molecular complexity index is 250. The zero-order valence-corrected chi connectivity index (χ0v) is 8.82. The summed E-state index contributed by atoms with van der Waals surface area (Å²) in [5.74, 6) is -1.26. The van der Waals surface area contributed by atoms with Crippen LogP contribution in [0.15, 0.2) is 0 Å². The number of aliphatic hydroxyl groups is 3. The van der Waals surface area contributed by atoms with E-state index in [0.717, 1.165) is 0 Å². The highest BCUT2D eigenvalue weighted by Gasteiger charge is 2.42. The SMILES string of the molecule is NC[C@H]1OC(O)[C@H](CCC(N)=O)[C@@H](O)[C@H]1O. The number of amides is 1. The van der Waals surface area contributed by atoms with Crippen LogP contribution >= 0.6 is 0 Å². The third kappa shape index (κ3) is 2.89. The second kappa shape index (κ2) is 5.55. The van der Waals surface area contributed by atoms with E-state index >= 15 is 0 Å². The molecule has 1 rings (SSSR count). The van der Waals surface area contributed by atoms with Gasteiger partial charge in [-0.1, -0.05) is 0 Å². The van der Waals surface area contributed by atoms with Gasteiger partial charge in [-0.2, -0.15) is 0 Å². The summed E-state index contributed by atoms with van der Waals surface area (Å²) in [5, 5.41) is 28.9. The lowest BCUT2D eigenvalue weighted by molar-refractivity contribution is -0.262. The summed E-state index contributed by atoms with van der Waals surface area (Å²) in [4.78, 5) is 10.6. The Morgan fingerprint density at radius 1 is 1.25 bits per heavy atom. The number of carbonyl (C=O) groups excluding carboxylic acids is 1. The average molecular weight is 234 g/mol. The Balaban J connectivity index is 2.60. The Morgan fingerprint density at radius 2 is 1.88 bits per heavy atom. The lowest BCUT2D eigenvalue weighted by Crippen LogP contribution is -2.56. The van der Waals surface area contributed by atoms with Crippen LogP contribution in [0.4, 0.5) is 0 Å². The molecule has 16 heavy (non-hydrogen) atoms. The third-order valence-corrected chi connectivity index (χ3v) is 2.81. The van der Waals surface area contributed by atoms with Gasteiger partial charge in [-0.05, 0) is 6.42 Å². The van der Waals surface area contributed by atoms with Crippen molar-refractivity contribution in [1.82, 2.24) is 0 Å². The van der Waals surface area contributed by atoms with Crippen molar-refractivity contribution in [1.29, 1.82) is 0 Å². The van der Waals surface area contributed by atoms with Crippen molar-refractivity contribution in [2.24, 2.45) is 17.4 Å². The summed E-state index contributed by atoms with van der Waals surface area (Å²) in [7, 11) is 0. The smallest absolute Gasteiger partial charge is 0.217 e. The summed E-state index contributed by atoms with van der Waals surface area (Å²) in [6.07, 6.45) is -4.20. The Hall–Kier alpha value is -0.730. The van der Waals surface area contributed by atoms with Crippen LogP contribution < -0.4 is 11.5 Å². The van der Waals surface area contributed by atoms with Gasteiger partial charge in [0, 0.05) is 18.9 Å². The molecule has 1 aliphatic rings. The first kappa shape index (κ1) is 13.3. The minimum atomic E-state index is -1.24. The van der Waals surface area contributed by atoms with E-state index in [1.807, 2.05) is 0 Å². The molecule has 0 aromatic carbocycles. The predicted molar refractivity (Wildman–Crippen MR) is 53.9 cm³/mol. The molecule has 1 saturated heterocycles. The molecule has 1 amide bonds. The fourth-order valence-corrected chi connectivity index (χ4v) is 1.82. The molecule has 1 unspecified atom stereocenters. The van der Waals surface area contributed by atoms with Crippen molar-refractivity contribution in [2.45, 2.75) is 37.4 Å². The second-order valence-electron chi connectivity index (χ2n) is 3.95. The van der Waals surface area contributed by atoms with Crippen molar-refractivity contribution >= 4 is 5.91 Å². The van der Waals surface area contributed by atoms with Crippen LogP contribution in [-0.2, 0) is 9.53 Å². The van der Waals surface area contributed by atoms with Gasteiger partial charge in [-0.3, -0.25) is 4.79 Å². The lowest BCUT2D eigenvalue weighted by atomic mass is 9.87. The minimum absolute atomic E-state index is 0.00216. The average Bonchev–Trinajstić information content (AvgIpc) is 2.22. The number of nitrogens with two attached hydrogens (primary N) is 2. The van der Waals surface area contributed by atoms with Gasteiger partial charge < -0.3 is 31.5 Å². The van der Waals surface area contributed by atoms with Crippen LogP contribution in [0, 0.1) is 5.92 Å². The molecule has 5 atom stereocenters. The van der Waals surface area contributed by atoms with Crippen molar-refractivity contribution in [3.8, 4) is 0 Å². The summed E-state index contributed by atoms with van der Waals surface area (Å²) >= 11 is 0. The van der Waals surface area contributed by atoms with E-state index in [2.05, 4.69) is 0 Å². The third-order valence-electron chi connectivity index (χ3n) is 2.81. The Morgan fingerprint density at radius 3 is 2.38 bits per heavy atom.